The topological polar surface area (TPSA) is 27.1 Å². The van der Waals surface area contributed by atoms with Crippen LogP contribution < -0.4 is 4.74 Å². The van der Waals surface area contributed by atoms with Crippen LogP contribution in [-0.4, -0.2) is 16.4 Å². The molecular weight excluding hydrogens is 248 g/mol. The Balaban J connectivity index is 1.98. The highest BCUT2D eigenvalue weighted by Crippen LogP contribution is 2.36. The van der Waals surface area contributed by atoms with Crippen LogP contribution in [0.2, 0.25) is 0 Å². The van der Waals surface area contributed by atoms with Gasteiger partial charge in [0.05, 0.1) is 24.2 Å². The molecule has 2 aromatic carbocycles. The van der Waals surface area contributed by atoms with E-state index in [2.05, 4.69) is 23.3 Å². The summed E-state index contributed by atoms with van der Waals surface area (Å²) in [5.74, 6) is 0.934. The maximum atomic E-state index is 5.84. The van der Waals surface area contributed by atoms with Crippen molar-refractivity contribution in [2.24, 2.45) is 0 Å². The van der Waals surface area contributed by atoms with E-state index in [1.54, 1.807) is 0 Å². The molecule has 1 aliphatic heterocycles. The first-order valence-corrected chi connectivity index (χ1v) is 6.78. The molecule has 0 N–H and O–H groups in total. The third-order valence-corrected chi connectivity index (χ3v) is 3.62. The van der Waals surface area contributed by atoms with Crippen molar-refractivity contribution in [2.75, 3.05) is 6.61 Å². The second-order valence-corrected chi connectivity index (χ2v) is 4.86. The number of rotatable bonds is 1. The fraction of sp³-hybridized carbons (Fsp3) is 0.118. The summed E-state index contributed by atoms with van der Waals surface area (Å²) in [5.41, 5.74) is 4.56. The van der Waals surface area contributed by atoms with Crippen LogP contribution in [0.3, 0.4) is 0 Å². The van der Waals surface area contributed by atoms with Crippen LogP contribution in [0, 0.1) is 0 Å². The van der Waals surface area contributed by atoms with Crippen LogP contribution in [0.1, 0.15) is 5.56 Å². The highest BCUT2D eigenvalue weighted by atomic mass is 16.5. The van der Waals surface area contributed by atoms with Crippen LogP contribution in [0.4, 0.5) is 0 Å². The van der Waals surface area contributed by atoms with Gasteiger partial charge in [-0.05, 0) is 24.3 Å². The monoisotopic (exact) mass is 262 g/mol. The number of ether oxygens (including phenoxy) is 1. The minimum absolute atomic E-state index is 0.699. The van der Waals surface area contributed by atoms with Crippen LogP contribution in [0.25, 0.3) is 16.9 Å². The summed E-state index contributed by atoms with van der Waals surface area (Å²) in [6, 6.07) is 18.4. The zero-order valence-electron chi connectivity index (χ0n) is 11.0. The van der Waals surface area contributed by atoms with Crippen molar-refractivity contribution in [1.82, 2.24) is 9.78 Å². The Kier molecular flexibility index (Phi) is 2.56. The van der Waals surface area contributed by atoms with E-state index < -0.39 is 0 Å². The van der Waals surface area contributed by atoms with E-state index in [1.165, 1.54) is 5.56 Å². The van der Waals surface area contributed by atoms with Crippen LogP contribution in [0.5, 0.6) is 5.75 Å². The van der Waals surface area contributed by atoms with Crippen molar-refractivity contribution in [1.29, 1.82) is 0 Å². The molecule has 0 bridgehead atoms. The number of hydrogen-bond acceptors (Lipinski definition) is 2. The molecule has 0 saturated carbocycles. The van der Waals surface area contributed by atoms with E-state index in [9.17, 15) is 0 Å². The zero-order chi connectivity index (χ0) is 13.4. The average Bonchev–Trinajstić information content (AvgIpc) is 2.84. The van der Waals surface area contributed by atoms with Gasteiger partial charge in [0.25, 0.3) is 0 Å². The van der Waals surface area contributed by atoms with Crippen LogP contribution >= 0.6 is 0 Å². The van der Waals surface area contributed by atoms with E-state index in [1.807, 2.05) is 47.3 Å². The summed E-state index contributed by atoms with van der Waals surface area (Å²) >= 11 is 0. The van der Waals surface area contributed by atoms with Gasteiger partial charge in [0.2, 0.25) is 0 Å². The van der Waals surface area contributed by atoms with E-state index in [0.717, 1.165) is 29.1 Å². The molecule has 3 aromatic rings. The molecule has 98 valence electrons. The molecule has 0 aliphatic carbocycles. The molecule has 3 heteroatoms. The van der Waals surface area contributed by atoms with Crippen molar-refractivity contribution in [3.8, 4) is 22.7 Å². The quantitative estimate of drug-likeness (QED) is 0.671. The predicted octanol–water partition coefficient (Wildman–Crippen LogP) is 3.47. The molecule has 1 aromatic heterocycles. The molecule has 3 nitrogen and oxygen atoms in total. The highest BCUT2D eigenvalue weighted by Gasteiger charge is 2.20. The Morgan fingerprint density at radius 1 is 0.950 bits per heavy atom. The number of nitrogens with zero attached hydrogens (tertiary/aromatic N) is 2. The third-order valence-electron chi connectivity index (χ3n) is 3.62. The van der Waals surface area contributed by atoms with Gasteiger partial charge in [-0.3, -0.25) is 0 Å². The molecule has 0 amide bonds. The van der Waals surface area contributed by atoms with Gasteiger partial charge in [-0.1, -0.05) is 30.3 Å². The summed E-state index contributed by atoms with van der Waals surface area (Å²) in [5, 5.41) is 4.57. The number of fused-ring (bicyclic) bond motifs is 3. The van der Waals surface area contributed by atoms with Crippen molar-refractivity contribution >= 4 is 0 Å². The summed E-state index contributed by atoms with van der Waals surface area (Å²) in [4.78, 5) is 0. The van der Waals surface area contributed by atoms with E-state index in [0.29, 0.717) is 6.61 Å². The molecule has 0 radical (unpaired) electrons. The first-order valence-electron chi connectivity index (χ1n) is 6.78. The largest absolute Gasteiger partial charge is 0.493 e. The second kappa shape index (κ2) is 4.53. The maximum absolute atomic E-state index is 5.84. The highest BCUT2D eigenvalue weighted by molar-refractivity contribution is 5.72. The fourth-order valence-electron chi connectivity index (χ4n) is 2.68. The number of para-hydroxylation sites is 2. The van der Waals surface area contributed by atoms with Crippen molar-refractivity contribution < 1.29 is 4.74 Å². The average molecular weight is 262 g/mol. The van der Waals surface area contributed by atoms with Crippen LogP contribution in [-0.2, 0) is 6.42 Å². The Morgan fingerprint density at radius 3 is 2.65 bits per heavy atom. The maximum Gasteiger partial charge on any atom is 0.128 e. The standard InChI is InChI=1S/C17H14N2O/c1-2-6-14(7-3-1)19-17-13(12-18-19)10-11-20-16-9-5-4-8-15(16)17/h1-9,12H,10-11H2. The van der Waals surface area contributed by atoms with Gasteiger partial charge in [-0.25, -0.2) is 4.68 Å². The van der Waals surface area contributed by atoms with E-state index in [4.69, 9.17) is 4.74 Å². The minimum atomic E-state index is 0.699. The lowest BCUT2D eigenvalue weighted by molar-refractivity contribution is 0.326. The molecule has 20 heavy (non-hydrogen) atoms. The summed E-state index contributed by atoms with van der Waals surface area (Å²) in [6.07, 6.45) is 2.84. The second-order valence-electron chi connectivity index (χ2n) is 4.86. The summed E-state index contributed by atoms with van der Waals surface area (Å²) < 4.78 is 7.84. The summed E-state index contributed by atoms with van der Waals surface area (Å²) in [6.45, 7) is 0.699. The first-order chi connectivity index (χ1) is 9.93. The van der Waals surface area contributed by atoms with Gasteiger partial charge in [-0.2, -0.15) is 5.10 Å². The Labute approximate surface area is 117 Å². The van der Waals surface area contributed by atoms with Gasteiger partial charge >= 0.3 is 0 Å². The zero-order valence-corrected chi connectivity index (χ0v) is 11.0. The normalized spacial score (nSPS) is 13.0. The molecule has 0 unspecified atom stereocenters. The smallest absolute Gasteiger partial charge is 0.128 e. The van der Waals surface area contributed by atoms with Gasteiger partial charge in [-0.15, -0.1) is 0 Å². The lowest BCUT2D eigenvalue weighted by Crippen LogP contribution is -1.99. The molecule has 2 heterocycles. The Morgan fingerprint density at radius 2 is 1.75 bits per heavy atom. The number of aromatic nitrogens is 2. The molecule has 4 rings (SSSR count). The number of hydrogen-bond donors (Lipinski definition) is 0. The predicted molar refractivity (Wildman–Crippen MR) is 78.2 cm³/mol. The first kappa shape index (κ1) is 11.3. The van der Waals surface area contributed by atoms with Gasteiger partial charge < -0.3 is 4.74 Å². The third kappa shape index (κ3) is 1.71. The van der Waals surface area contributed by atoms with Crippen molar-refractivity contribution in [3.05, 3.63) is 66.4 Å². The lowest BCUT2D eigenvalue weighted by atomic mass is 10.1. The van der Waals surface area contributed by atoms with Gasteiger partial charge in [0.15, 0.2) is 0 Å². The molecule has 0 atom stereocenters. The van der Waals surface area contributed by atoms with E-state index >= 15 is 0 Å². The van der Waals surface area contributed by atoms with E-state index in [-0.39, 0.29) is 0 Å². The van der Waals surface area contributed by atoms with Crippen molar-refractivity contribution in [2.45, 2.75) is 6.42 Å². The molecule has 0 spiro atoms. The Bertz CT molecular complexity index is 747. The Hall–Kier alpha value is -2.55. The molecule has 1 aliphatic rings. The minimum Gasteiger partial charge on any atom is -0.493 e. The van der Waals surface area contributed by atoms with Gasteiger partial charge in [0.1, 0.15) is 5.75 Å². The lowest BCUT2D eigenvalue weighted by Gasteiger charge is -2.10. The molecular formula is C17H14N2O. The van der Waals surface area contributed by atoms with Gasteiger partial charge in [0, 0.05) is 17.5 Å². The molecule has 0 saturated heterocycles. The fourth-order valence-corrected chi connectivity index (χ4v) is 2.68. The summed E-state index contributed by atoms with van der Waals surface area (Å²) in [7, 11) is 0. The number of benzene rings is 2. The van der Waals surface area contributed by atoms with Crippen molar-refractivity contribution in [3.63, 3.8) is 0 Å². The van der Waals surface area contributed by atoms with Crippen LogP contribution in [0.15, 0.2) is 60.8 Å². The SMILES string of the molecule is c1ccc(-n2ncc3c2-c2ccccc2OCC3)cc1. The molecule has 0 fully saturated rings.